The molecule has 29 heavy (non-hydrogen) atoms. The molecule has 0 spiro atoms. The van der Waals surface area contributed by atoms with Crippen molar-refractivity contribution >= 4 is 39.4 Å². The highest BCUT2D eigenvalue weighted by molar-refractivity contribution is 7.16. The molecule has 3 aromatic heterocycles. The van der Waals surface area contributed by atoms with Gasteiger partial charge in [-0.25, -0.2) is 4.98 Å². The molecule has 1 aromatic carbocycles. The minimum atomic E-state index is -0.105. The first-order valence-electron chi connectivity index (χ1n) is 9.28. The van der Waals surface area contributed by atoms with E-state index < -0.39 is 0 Å². The first-order chi connectivity index (χ1) is 14.1. The van der Waals surface area contributed by atoms with E-state index in [9.17, 15) is 4.79 Å². The highest BCUT2D eigenvalue weighted by atomic mass is 32.1. The Labute approximate surface area is 178 Å². The minimum absolute atomic E-state index is 0.105. The monoisotopic (exact) mass is 419 g/mol. The first-order valence-corrected chi connectivity index (χ1v) is 11.0. The lowest BCUT2D eigenvalue weighted by molar-refractivity contribution is 0.102. The van der Waals surface area contributed by atoms with E-state index in [0.29, 0.717) is 5.56 Å². The number of thiophene rings is 2. The van der Waals surface area contributed by atoms with Crippen LogP contribution in [0.2, 0.25) is 0 Å². The molecule has 2 N–H and O–H groups in total. The number of hydrogen-bond acceptors (Lipinski definition) is 5. The number of carbonyl (C=O) groups excluding carboxylic acids is 1. The van der Waals surface area contributed by atoms with Gasteiger partial charge in [0.25, 0.3) is 5.91 Å². The standard InChI is InChI=1S/C23H21N3OS2/c1-15-8-10-24-20(12-15)25-21(18-9-11-28-14-18)19-13-16(2)29-23(19)26-22(27)17-6-4-3-5-7-17/h3-14,21H,1-2H3,(H,24,25)(H,26,27). The summed E-state index contributed by atoms with van der Waals surface area (Å²) in [6.07, 6.45) is 1.80. The van der Waals surface area contributed by atoms with Crippen LogP contribution in [0.25, 0.3) is 0 Å². The van der Waals surface area contributed by atoms with Gasteiger partial charge in [-0.15, -0.1) is 11.3 Å². The maximum atomic E-state index is 12.8. The van der Waals surface area contributed by atoms with Gasteiger partial charge >= 0.3 is 0 Å². The van der Waals surface area contributed by atoms with Crippen LogP contribution in [0.1, 0.15) is 38.0 Å². The summed E-state index contributed by atoms with van der Waals surface area (Å²) in [5.41, 5.74) is 3.97. The number of nitrogens with one attached hydrogen (secondary N) is 2. The molecule has 0 aliphatic carbocycles. The van der Waals surface area contributed by atoms with E-state index in [0.717, 1.165) is 32.4 Å². The number of amides is 1. The molecule has 1 unspecified atom stereocenters. The molecule has 4 nitrogen and oxygen atoms in total. The van der Waals surface area contributed by atoms with Crippen LogP contribution in [0.4, 0.5) is 10.8 Å². The van der Waals surface area contributed by atoms with Crippen molar-refractivity contribution in [2.24, 2.45) is 0 Å². The number of aromatic nitrogens is 1. The van der Waals surface area contributed by atoms with Gasteiger partial charge in [-0.1, -0.05) is 18.2 Å². The van der Waals surface area contributed by atoms with Crippen LogP contribution in [-0.4, -0.2) is 10.9 Å². The molecule has 0 aliphatic rings. The molecule has 1 amide bonds. The van der Waals surface area contributed by atoms with Gasteiger partial charge < -0.3 is 10.6 Å². The zero-order valence-corrected chi connectivity index (χ0v) is 17.8. The molecule has 0 aliphatic heterocycles. The number of pyridine rings is 1. The van der Waals surface area contributed by atoms with E-state index >= 15 is 0 Å². The number of nitrogens with zero attached hydrogens (tertiary/aromatic N) is 1. The molecule has 0 bridgehead atoms. The third kappa shape index (κ3) is 4.55. The van der Waals surface area contributed by atoms with Crippen LogP contribution in [0.15, 0.2) is 71.6 Å². The topological polar surface area (TPSA) is 54.0 Å². The van der Waals surface area contributed by atoms with Crippen molar-refractivity contribution in [3.8, 4) is 0 Å². The van der Waals surface area contributed by atoms with Gasteiger partial charge in [0.15, 0.2) is 0 Å². The Balaban J connectivity index is 1.69. The highest BCUT2D eigenvalue weighted by Gasteiger charge is 2.22. The van der Waals surface area contributed by atoms with Crippen molar-refractivity contribution in [3.63, 3.8) is 0 Å². The average Bonchev–Trinajstić information content (AvgIpc) is 3.37. The second-order valence-electron chi connectivity index (χ2n) is 6.81. The van der Waals surface area contributed by atoms with Gasteiger partial charge in [0.05, 0.1) is 6.04 Å². The van der Waals surface area contributed by atoms with Gasteiger partial charge in [-0.2, -0.15) is 11.3 Å². The summed E-state index contributed by atoms with van der Waals surface area (Å²) in [4.78, 5) is 18.4. The van der Waals surface area contributed by atoms with Gasteiger partial charge in [-0.05, 0) is 72.1 Å². The predicted molar refractivity (Wildman–Crippen MR) is 122 cm³/mol. The summed E-state index contributed by atoms with van der Waals surface area (Å²) in [7, 11) is 0. The maximum absolute atomic E-state index is 12.8. The summed E-state index contributed by atoms with van der Waals surface area (Å²) in [6, 6.07) is 17.4. The lowest BCUT2D eigenvalue weighted by Crippen LogP contribution is -2.16. The number of rotatable bonds is 6. The third-order valence-electron chi connectivity index (χ3n) is 4.54. The largest absolute Gasteiger partial charge is 0.359 e. The second-order valence-corrected chi connectivity index (χ2v) is 8.85. The maximum Gasteiger partial charge on any atom is 0.256 e. The normalized spacial score (nSPS) is 11.8. The molecule has 146 valence electrons. The number of carbonyl (C=O) groups is 1. The van der Waals surface area contributed by atoms with Gasteiger partial charge in [0, 0.05) is 22.2 Å². The predicted octanol–water partition coefficient (Wildman–Crippen LogP) is 6.28. The van der Waals surface area contributed by atoms with Crippen LogP contribution in [0, 0.1) is 13.8 Å². The fraction of sp³-hybridized carbons (Fsp3) is 0.130. The van der Waals surface area contributed by atoms with Crippen LogP contribution in [-0.2, 0) is 0 Å². The Hall–Kier alpha value is -2.96. The lowest BCUT2D eigenvalue weighted by Gasteiger charge is -2.20. The van der Waals surface area contributed by atoms with Crippen molar-refractivity contribution < 1.29 is 4.79 Å². The quantitative estimate of drug-likeness (QED) is 0.387. The molecular formula is C23H21N3OS2. The Morgan fingerprint density at radius 2 is 1.90 bits per heavy atom. The molecule has 0 saturated carbocycles. The average molecular weight is 420 g/mol. The summed E-state index contributed by atoms with van der Waals surface area (Å²) in [6.45, 7) is 4.11. The fourth-order valence-electron chi connectivity index (χ4n) is 3.15. The zero-order valence-electron chi connectivity index (χ0n) is 16.2. The smallest absolute Gasteiger partial charge is 0.256 e. The summed E-state index contributed by atoms with van der Waals surface area (Å²) in [5, 5.41) is 11.7. The molecule has 4 aromatic rings. The second kappa shape index (κ2) is 8.59. The highest BCUT2D eigenvalue weighted by Crippen LogP contribution is 2.38. The molecule has 6 heteroatoms. The Morgan fingerprint density at radius 1 is 1.07 bits per heavy atom. The van der Waals surface area contributed by atoms with Crippen molar-refractivity contribution in [2.75, 3.05) is 10.6 Å². The van der Waals surface area contributed by atoms with E-state index in [-0.39, 0.29) is 11.9 Å². The SMILES string of the molecule is Cc1ccnc(NC(c2ccsc2)c2cc(C)sc2NC(=O)c2ccccc2)c1. The molecule has 3 heterocycles. The van der Waals surface area contributed by atoms with Crippen LogP contribution in [0.5, 0.6) is 0 Å². The van der Waals surface area contributed by atoms with E-state index in [1.54, 1.807) is 28.9 Å². The third-order valence-corrected chi connectivity index (χ3v) is 6.23. The van der Waals surface area contributed by atoms with Crippen molar-refractivity contribution in [3.05, 3.63) is 98.7 Å². The molecule has 0 fully saturated rings. The van der Waals surface area contributed by atoms with E-state index in [1.165, 1.54) is 0 Å². The van der Waals surface area contributed by atoms with Gasteiger partial charge in [0.2, 0.25) is 0 Å². The van der Waals surface area contributed by atoms with Gasteiger partial charge in [-0.3, -0.25) is 4.79 Å². The number of hydrogen-bond donors (Lipinski definition) is 2. The van der Waals surface area contributed by atoms with Crippen LogP contribution in [0.3, 0.4) is 0 Å². The van der Waals surface area contributed by atoms with Crippen molar-refractivity contribution in [2.45, 2.75) is 19.9 Å². The number of aryl methyl sites for hydroxylation is 2. The molecular weight excluding hydrogens is 398 g/mol. The molecule has 0 saturated heterocycles. The van der Waals surface area contributed by atoms with E-state index in [4.69, 9.17) is 0 Å². The van der Waals surface area contributed by atoms with Crippen molar-refractivity contribution in [1.82, 2.24) is 4.98 Å². The number of benzene rings is 1. The lowest BCUT2D eigenvalue weighted by atomic mass is 10.0. The zero-order chi connectivity index (χ0) is 20.2. The number of anilines is 2. The Bertz CT molecular complexity index is 1100. The molecule has 1 atom stereocenters. The van der Waals surface area contributed by atoms with E-state index in [2.05, 4.69) is 45.4 Å². The molecule has 4 rings (SSSR count). The van der Waals surface area contributed by atoms with Crippen LogP contribution < -0.4 is 10.6 Å². The van der Waals surface area contributed by atoms with Gasteiger partial charge in [0.1, 0.15) is 10.8 Å². The summed E-state index contributed by atoms with van der Waals surface area (Å²) in [5.74, 6) is 0.705. The molecule has 0 radical (unpaired) electrons. The van der Waals surface area contributed by atoms with E-state index in [1.807, 2.05) is 49.4 Å². The minimum Gasteiger partial charge on any atom is -0.359 e. The Morgan fingerprint density at radius 3 is 2.62 bits per heavy atom. The van der Waals surface area contributed by atoms with Crippen molar-refractivity contribution in [1.29, 1.82) is 0 Å². The Kier molecular flexibility index (Phi) is 5.74. The van der Waals surface area contributed by atoms with Crippen LogP contribution >= 0.6 is 22.7 Å². The summed E-state index contributed by atoms with van der Waals surface area (Å²) >= 11 is 3.24. The first kappa shape index (κ1) is 19.4. The summed E-state index contributed by atoms with van der Waals surface area (Å²) < 4.78 is 0. The fourth-order valence-corrected chi connectivity index (χ4v) is 4.79.